The maximum atomic E-state index is 13.9. The zero-order valence-electron chi connectivity index (χ0n) is 18.3. The fraction of sp³-hybridized carbons (Fsp3) is 0.409. The van der Waals surface area contributed by atoms with Crippen LogP contribution in [0.25, 0.3) is 0 Å². The number of rotatable bonds is 7. The summed E-state index contributed by atoms with van der Waals surface area (Å²) in [5.74, 6) is 2.08. The van der Waals surface area contributed by atoms with Gasteiger partial charge in [0.05, 0.1) is 21.3 Å². The van der Waals surface area contributed by atoms with Crippen LogP contribution in [-0.2, 0) is 6.54 Å². The van der Waals surface area contributed by atoms with E-state index in [1.807, 2.05) is 24.3 Å². The van der Waals surface area contributed by atoms with Crippen LogP contribution in [0, 0.1) is 5.82 Å². The molecule has 170 valence electrons. The summed E-state index contributed by atoms with van der Waals surface area (Å²) < 4.78 is 29.6. The highest BCUT2D eigenvalue weighted by molar-refractivity contribution is 14.0. The Kier molecular flexibility index (Phi) is 9.47. The van der Waals surface area contributed by atoms with Crippen molar-refractivity contribution in [3.8, 4) is 17.2 Å². The second kappa shape index (κ2) is 11.8. The number of anilines is 1. The Balaban J connectivity index is 0.00000341. The molecule has 0 aliphatic carbocycles. The Bertz CT molecular complexity index is 875. The molecule has 9 heteroatoms. The maximum Gasteiger partial charge on any atom is 0.191 e. The molecular formula is C22H30FIN4O3. The smallest absolute Gasteiger partial charge is 0.191 e. The predicted molar refractivity (Wildman–Crippen MR) is 132 cm³/mol. The normalized spacial score (nSPS) is 15.8. The topological polar surface area (TPSA) is 67.4 Å². The van der Waals surface area contributed by atoms with Gasteiger partial charge in [0.15, 0.2) is 17.5 Å². The van der Waals surface area contributed by atoms with Gasteiger partial charge in [-0.3, -0.25) is 4.99 Å². The zero-order chi connectivity index (χ0) is 21.5. The molecule has 1 aliphatic rings. The average Bonchev–Trinajstić information content (AvgIpc) is 3.24. The molecule has 2 aromatic rings. The molecule has 1 unspecified atom stereocenters. The molecule has 0 amide bonds. The number of aliphatic imine (C=N–C) groups is 1. The summed E-state index contributed by atoms with van der Waals surface area (Å²) in [6.45, 7) is 2.20. The highest BCUT2D eigenvalue weighted by Gasteiger charge is 2.24. The van der Waals surface area contributed by atoms with Crippen LogP contribution < -0.4 is 29.7 Å². The predicted octanol–water partition coefficient (Wildman–Crippen LogP) is 3.41. The molecule has 1 aliphatic heterocycles. The van der Waals surface area contributed by atoms with Crippen molar-refractivity contribution < 1.29 is 18.6 Å². The van der Waals surface area contributed by atoms with Crippen LogP contribution in [0.4, 0.5) is 10.1 Å². The molecule has 1 fully saturated rings. The molecule has 0 aromatic heterocycles. The first-order valence-corrected chi connectivity index (χ1v) is 9.84. The molecule has 2 N–H and O–H groups in total. The van der Waals surface area contributed by atoms with Crippen LogP contribution in [0.3, 0.4) is 0 Å². The van der Waals surface area contributed by atoms with Crippen LogP contribution in [-0.4, -0.2) is 53.5 Å². The summed E-state index contributed by atoms with van der Waals surface area (Å²) in [6, 6.07) is 11.0. The van der Waals surface area contributed by atoms with Gasteiger partial charge >= 0.3 is 0 Å². The minimum absolute atomic E-state index is 0. The lowest BCUT2D eigenvalue weighted by molar-refractivity contribution is 0.386. The zero-order valence-corrected chi connectivity index (χ0v) is 20.6. The number of hydrogen-bond donors (Lipinski definition) is 2. The van der Waals surface area contributed by atoms with Gasteiger partial charge in [-0.05, 0) is 24.1 Å². The van der Waals surface area contributed by atoms with Gasteiger partial charge in [0, 0.05) is 56.6 Å². The molecule has 3 rings (SSSR count). The summed E-state index contributed by atoms with van der Waals surface area (Å²) in [6.07, 6.45) is 0.970. The summed E-state index contributed by atoms with van der Waals surface area (Å²) in [5.41, 5.74) is 1.87. The van der Waals surface area contributed by atoms with Crippen LogP contribution in [0.15, 0.2) is 41.4 Å². The van der Waals surface area contributed by atoms with E-state index in [2.05, 4.69) is 20.5 Å². The van der Waals surface area contributed by atoms with Crippen molar-refractivity contribution in [3.05, 3.63) is 47.8 Å². The van der Waals surface area contributed by atoms with E-state index in [1.54, 1.807) is 27.3 Å². The standard InChI is InChI=1S/C22H29FN4O3.HI/c1-24-22(25-13-15-5-6-21(30-4)20(23)9-15)26-16-7-8-27(14-16)17-10-18(28-2)12-19(11-17)29-3;/h5-6,9-12,16H,7-8,13-14H2,1-4H3,(H2,24,25,26);1H. The number of halogens is 2. The Hall–Kier alpha value is -2.43. The van der Waals surface area contributed by atoms with Gasteiger partial charge < -0.3 is 29.7 Å². The average molecular weight is 544 g/mol. The van der Waals surface area contributed by atoms with E-state index in [9.17, 15) is 4.39 Å². The maximum absolute atomic E-state index is 13.9. The quantitative estimate of drug-likeness (QED) is 0.317. The fourth-order valence-electron chi connectivity index (χ4n) is 3.48. The summed E-state index contributed by atoms with van der Waals surface area (Å²) in [7, 11) is 6.48. The molecular weight excluding hydrogens is 514 g/mol. The van der Waals surface area contributed by atoms with E-state index in [0.29, 0.717) is 12.5 Å². The van der Waals surface area contributed by atoms with Crippen molar-refractivity contribution in [1.82, 2.24) is 10.6 Å². The van der Waals surface area contributed by atoms with Crippen molar-refractivity contribution in [3.63, 3.8) is 0 Å². The van der Waals surface area contributed by atoms with Gasteiger partial charge in [-0.25, -0.2) is 4.39 Å². The second-order valence-corrected chi connectivity index (χ2v) is 7.04. The Morgan fingerprint density at radius 3 is 2.39 bits per heavy atom. The van der Waals surface area contributed by atoms with Crippen LogP contribution in [0.1, 0.15) is 12.0 Å². The van der Waals surface area contributed by atoms with E-state index in [0.717, 1.165) is 42.3 Å². The van der Waals surface area contributed by atoms with Crippen LogP contribution >= 0.6 is 24.0 Å². The van der Waals surface area contributed by atoms with Gasteiger partial charge in [-0.1, -0.05) is 6.07 Å². The lowest BCUT2D eigenvalue weighted by Gasteiger charge is -2.21. The van der Waals surface area contributed by atoms with Crippen molar-refractivity contribution in [2.45, 2.75) is 19.0 Å². The van der Waals surface area contributed by atoms with Crippen molar-refractivity contribution in [1.29, 1.82) is 0 Å². The number of nitrogens with one attached hydrogen (secondary N) is 2. The molecule has 0 bridgehead atoms. The molecule has 1 atom stereocenters. The Labute approximate surface area is 200 Å². The van der Waals surface area contributed by atoms with Gasteiger partial charge in [-0.2, -0.15) is 0 Å². The monoisotopic (exact) mass is 544 g/mol. The van der Waals surface area contributed by atoms with Gasteiger partial charge in [0.1, 0.15) is 11.5 Å². The summed E-state index contributed by atoms with van der Waals surface area (Å²) in [5, 5.41) is 6.69. The second-order valence-electron chi connectivity index (χ2n) is 7.04. The lowest BCUT2D eigenvalue weighted by atomic mass is 10.2. The number of guanidine groups is 1. The molecule has 7 nitrogen and oxygen atoms in total. The number of nitrogens with zero attached hydrogens (tertiary/aromatic N) is 2. The third-order valence-corrected chi connectivity index (χ3v) is 5.13. The number of hydrogen-bond acceptors (Lipinski definition) is 5. The molecule has 0 radical (unpaired) electrons. The molecule has 0 saturated carbocycles. The Morgan fingerprint density at radius 2 is 1.81 bits per heavy atom. The van der Waals surface area contributed by atoms with E-state index < -0.39 is 0 Å². The first kappa shape index (κ1) is 24.8. The van der Waals surface area contributed by atoms with Crippen molar-refractivity contribution in [2.75, 3.05) is 46.4 Å². The fourth-order valence-corrected chi connectivity index (χ4v) is 3.48. The SMILES string of the molecule is CN=C(NCc1ccc(OC)c(F)c1)NC1CCN(c2cc(OC)cc(OC)c2)C1.I. The number of benzene rings is 2. The van der Waals surface area contributed by atoms with Crippen LogP contribution in [0.5, 0.6) is 17.2 Å². The first-order valence-electron chi connectivity index (χ1n) is 9.84. The van der Waals surface area contributed by atoms with Gasteiger partial charge in [-0.15, -0.1) is 24.0 Å². The van der Waals surface area contributed by atoms with E-state index in [4.69, 9.17) is 14.2 Å². The third-order valence-electron chi connectivity index (χ3n) is 5.13. The third kappa shape index (κ3) is 6.52. The largest absolute Gasteiger partial charge is 0.497 e. The number of methoxy groups -OCH3 is 3. The van der Waals surface area contributed by atoms with Crippen LogP contribution in [0.2, 0.25) is 0 Å². The van der Waals surface area contributed by atoms with E-state index in [-0.39, 0.29) is 41.6 Å². The molecule has 0 spiro atoms. The summed E-state index contributed by atoms with van der Waals surface area (Å²) >= 11 is 0. The molecule has 1 saturated heterocycles. The van der Waals surface area contributed by atoms with Crippen molar-refractivity contribution >= 4 is 35.6 Å². The summed E-state index contributed by atoms with van der Waals surface area (Å²) in [4.78, 5) is 6.58. The minimum Gasteiger partial charge on any atom is -0.497 e. The minimum atomic E-state index is -0.375. The van der Waals surface area contributed by atoms with Gasteiger partial charge in [0.25, 0.3) is 0 Å². The highest BCUT2D eigenvalue weighted by Crippen LogP contribution is 2.30. The van der Waals surface area contributed by atoms with E-state index in [1.165, 1.54) is 13.2 Å². The first-order chi connectivity index (χ1) is 14.6. The molecule has 1 heterocycles. The number of ether oxygens (including phenoxy) is 3. The highest BCUT2D eigenvalue weighted by atomic mass is 127. The van der Waals surface area contributed by atoms with Gasteiger partial charge in [0.2, 0.25) is 0 Å². The van der Waals surface area contributed by atoms with Crippen molar-refractivity contribution in [2.24, 2.45) is 4.99 Å². The molecule has 2 aromatic carbocycles. The van der Waals surface area contributed by atoms with E-state index >= 15 is 0 Å². The Morgan fingerprint density at radius 1 is 1.10 bits per heavy atom. The molecule has 31 heavy (non-hydrogen) atoms. The lowest BCUT2D eigenvalue weighted by Crippen LogP contribution is -2.44.